The number of carbonyl (C=O) groups is 1. The molecule has 1 unspecified atom stereocenters. The van der Waals surface area contributed by atoms with E-state index in [1.165, 1.54) is 5.56 Å². The molecule has 0 aliphatic rings. The van der Waals surface area contributed by atoms with Crippen molar-refractivity contribution < 1.29 is 9.53 Å². The summed E-state index contributed by atoms with van der Waals surface area (Å²) in [6.45, 7) is 4.21. The third-order valence-corrected chi connectivity index (χ3v) is 4.76. The zero-order valence-electron chi connectivity index (χ0n) is 16.5. The van der Waals surface area contributed by atoms with E-state index in [0.29, 0.717) is 17.3 Å². The van der Waals surface area contributed by atoms with Gasteiger partial charge in [-0.1, -0.05) is 60.7 Å². The molecule has 3 aromatic rings. The molecule has 0 fully saturated rings. The Balaban J connectivity index is 1.80. The van der Waals surface area contributed by atoms with Gasteiger partial charge in [0.2, 0.25) is 0 Å². The molecule has 0 heterocycles. The lowest BCUT2D eigenvalue weighted by Gasteiger charge is -2.23. The predicted octanol–water partition coefficient (Wildman–Crippen LogP) is 5.25. The summed E-state index contributed by atoms with van der Waals surface area (Å²) in [5.41, 5.74) is 4.66. The van der Waals surface area contributed by atoms with Crippen LogP contribution >= 0.6 is 12.2 Å². The summed E-state index contributed by atoms with van der Waals surface area (Å²) < 4.78 is 5.07. The molecular formula is C24H24N2O2S. The average molecular weight is 405 g/mol. The van der Waals surface area contributed by atoms with Crippen LogP contribution in [0.1, 0.15) is 40.0 Å². The maximum atomic E-state index is 12.0. The van der Waals surface area contributed by atoms with Crippen LogP contribution < -0.4 is 10.6 Å². The SMILES string of the molecule is CCOC(=O)c1cccc(NC(=S)NC(c2ccccc2)c2ccccc2C)c1. The summed E-state index contributed by atoms with van der Waals surface area (Å²) >= 11 is 5.58. The van der Waals surface area contributed by atoms with Crippen molar-refractivity contribution in [2.45, 2.75) is 19.9 Å². The molecule has 29 heavy (non-hydrogen) atoms. The summed E-state index contributed by atoms with van der Waals surface area (Å²) in [6, 6.07) is 25.5. The molecule has 0 amide bonds. The van der Waals surface area contributed by atoms with Gasteiger partial charge in [-0.25, -0.2) is 4.79 Å². The van der Waals surface area contributed by atoms with Crippen LogP contribution in [0.15, 0.2) is 78.9 Å². The lowest BCUT2D eigenvalue weighted by atomic mass is 9.95. The van der Waals surface area contributed by atoms with Gasteiger partial charge in [0.25, 0.3) is 0 Å². The van der Waals surface area contributed by atoms with Crippen molar-refractivity contribution in [1.29, 1.82) is 0 Å². The number of ether oxygens (including phenoxy) is 1. The fourth-order valence-electron chi connectivity index (χ4n) is 3.13. The van der Waals surface area contributed by atoms with Crippen LogP contribution in [0.3, 0.4) is 0 Å². The van der Waals surface area contributed by atoms with Crippen LogP contribution in [0, 0.1) is 6.92 Å². The molecule has 5 heteroatoms. The van der Waals surface area contributed by atoms with Crippen LogP contribution in [0.5, 0.6) is 0 Å². The number of anilines is 1. The van der Waals surface area contributed by atoms with Gasteiger partial charge in [0, 0.05) is 5.69 Å². The van der Waals surface area contributed by atoms with Gasteiger partial charge in [-0.15, -0.1) is 0 Å². The second kappa shape index (κ2) is 9.85. The first-order valence-electron chi connectivity index (χ1n) is 9.53. The van der Waals surface area contributed by atoms with Gasteiger partial charge in [-0.05, 0) is 61.0 Å². The first-order chi connectivity index (χ1) is 14.1. The highest BCUT2D eigenvalue weighted by atomic mass is 32.1. The van der Waals surface area contributed by atoms with E-state index in [1.807, 2.05) is 36.4 Å². The number of esters is 1. The minimum Gasteiger partial charge on any atom is -0.462 e. The van der Waals surface area contributed by atoms with Crippen LogP contribution in [0.2, 0.25) is 0 Å². The minimum atomic E-state index is -0.350. The van der Waals surface area contributed by atoms with Crippen LogP contribution in [-0.4, -0.2) is 17.7 Å². The van der Waals surface area contributed by atoms with Crippen molar-refractivity contribution >= 4 is 29.0 Å². The standard InChI is InChI=1S/C24H24N2O2S/c1-3-28-23(27)19-13-9-14-20(16-19)25-24(29)26-22(18-11-5-4-6-12-18)21-15-8-7-10-17(21)2/h4-16,22H,3H2,1-2H3,(H2,25,26,29). The maximum Gasteiger partial charge on any atom is 0.338 e. The Hall–Kier alpha value is -3.18. The number of benzene rings is 3. The normalized spacial score (nSPS) is 11.4. The van der Waals surface area contributed by atoms with Crippen LogP contribution in [0.25, 0.3) is 0 Å². The fraction of sp³-hybridized carbons (Fsp3) is 0.167. The summed E-state index contributed by atoms with van der Waals surface area (Å²) in [6.07, 6.45) is 0. The Bertz CT molecular complexity index is 989. The number of aryl methyl sites for hydroxylation is 1. The summed E-state index contributed by atoms with van der Waals surface area (Å²) in [7, 11) is 0. The first-order valence-corrected chi connectivity index (χ1v) is 9.94. The molecule has 0 saturated carbocycles. The van der Waals surface area contributed by atoms with Crippen molar-refractivity contribution in [3.05, 3.63) is 101 Å². The smallest absolute Gasteiger partial charge is 0.338 e. The fourth-order valence-corrected chi connectivity index (χ4v) is 3.37. The van der Waals surface area contributed by atoms with E-state index in [9.17, 15) is 4.79 Å². The third-order valence-electron chi connectivity index (χ3n) is 4.54. The Morgan fingerprint density at radius 2 is 1.72 bits per heavy atom. The second-order valence-electron chi connectivity index (χ2n) is 6.60. The van der Waals surface area contributed by atoms with Gasteiger partial charge >= 0.3 is 5.97 Å². The molecule has 4 nitrogen and oxygen atoms in total. The lowest BCUT2D eigenvalue weighted by Crippen LogP contribution is -2.33. The van der Waals surface area contributed by atoms with Crippen molar-refractivity contribution in [3.8, 4) is 0 Å². The quantitative estimate of drug-likeness (QED) is 0.434. The van der Waals surface area contributed by atoms with E-state index in [4.69, 9.17) is 17.0 Å². The number of carbonyl (C=O) groups excluding carboxylic acids is 1. The summed E-state index contributed by atoms with van der Waals surface area (Å²) in [5.74, 6) is -0.350. The Labute approximate surface area is 176 Å². The second-order valence-corrected chi connectivity index (χ2v) is 7.01. The number of hydrogen-bond donors (Lipinski definition) is 2. The number of hydrogen-bond acceptors (Lipinski definition) is 3. The zero-order valence-corrected chi connectivity index (χ0v) is 17.3. The third kappa shape index (κ3) is 5.42. The highest BCUT2D eigenvalue weighted by molar-refractivity contribution is 7.80. The van der Waals surface area contributed by atoms with E-state index in [2.05, 4.69) is 41.8 Å². The Morgan fingerprint density at radius 1 is 1.00 bits per heavy atom. The molecule has 148 valence electrons. The molecule has 3 aromatic carbocycles. The molecule has 0 radical (unpaired) electrons. The van der Waals surface area contributed by atoms with Crippen molar-refractivity contribution in [3.63, 3.8) is 0 Å². The molecule has 1 atom stereocenters. The number of thiocarbonyl (C=S) groups is 1. The maximum absolute atomic E-state index is 12.0. The molecule has 3 rings (SSSR count). The minimum absolute atomic E-state index is 0.0920. The summed E-state index contributed by atoms with van der Waals surface area (Å²) in [4.78, 5) is 12.0. The molecule has 0 saturated heterocycles. The highest BCUT2D eigenvalue weighted by Crippen LogP contribution is 2.25. The van der Waals surface area contributed by atoms with Gasteiger partial charge < -0.3 is 15.4 Å². The average Bonchev–Trinajstić information content (AvgIpc) is 2.74. The zero-order chi connectivity index (χ0) is 20.6. The van der Waals surface area contributed by atoms with Crippen molar-refractivity contribution in [1.82, 2.24) is 5.32 Å². The van der Waals surface area contributed by atoms with Crippen molar-refractivity contribution in [2.24, 2.45) is 0 Å². The van der Waals surface area contributed by atoms with Crippen LogP contribution in [-0.2, 0) is 4.74 Å². The van der Waals surface area contributed by atoms with Gasteiger partial charge in [0.15, 0.2) is 5.11 Å². The highest BCUT2D eigenvalue weighted by Gasteiger charge is 2.17. The molecule has 0 bridgehead atoms. The van der Waals surface area contributed by atoms with Gasteiger partial charge in [0.05, 0.1) is 18.2 Å². The largest absolute Gasteiger partial charge is 0.462 e. The summed E-state index contributed by atoms with van der Waals surface area (Å²) in [5, 5.41) is 7.07. The molecule has 0 aromatic heterocycles. The lowest BCUT2D eigenvalue weighted by molar-refractivity contribution is 0.0526. The predicted molar refractivity (Wildman–Crippen MR) is 121 cm³/mol. The van der Waals surface area contributed by atoms with E-state index in [-0.39, 0.29) is 12.0 Å². The molecule has 0 aliphatic carbocycles. The molecule has 0 aliphatic heterocycles. The first kappa shape index (κ1) is 20.6. The van der Waals surface area contributed by atoms with Crippen LogP contribution in [0.4, 0.5) is 5.69 Å². The van der Waals surface area contributed by atoms with E-state index >= 15 is 0 Å². The van der Waals surface area contributed by atoms with Gasteiger partial charge in [0.1, 0.15) is 0 Å². The van der Waals surface area contributed by atoms with Gasteiger partial charge in [-0.3, -0.25) is 0 Å². The molecular weight excluding hydrogens is 380 g/mol. The van der Waals surface area contributed by atoms with Gasteiger partial charge in [-0.2, -0.15) is 0 Å². The number of nitrogens with one attached hydrogen (secondary N) is 2. The molecule has 2 N–H and O–H groups in total. The topological polar surface area (TPSA) is 50.4 Å². The van der Waals surface area contributed by atoms with E-state index < -0.39 is 0 Å². The monoisotopic (exact) mass is 404 g/mol. The van der Waals surface area contributed by atoms with Crippen molar-refractivity contribution in [2.75, 3.05) is 11.9 Å². The number of rotatable bonds is 6. The van der Waals surface area contributed by atoms with E-state index in [0.717, 1.165) is 16.8 Å². The Morgan fingerprint density at radius 3 is 2.45 bits per heavy atom. The molecule has 0 spiro atoms. The Kier molecular flexibility index (Phi) is 6.98. The van der Waals surface area contributed by atoms with E-state index in [1.54, 1.807) is 25.1 Å².